The Morgan fingerprint density at radius 1 is 1.29 bits per heavy atom. The van der Waals surface area contributed by atoms with Gasteiger partial charge in [-0.25, -0.2) is 9.37 Å². The van der Waals surface area contributed by atoms with Gasteiger partial charge in [0.15, 0.2) is 5.13 Å². The molecule has 3 rings (SSSR count). The minimum atomic E-state index is -0.213. The van der Waals surface area contributed by atoms with Crippen LogP contribution >= 0.6 is 11.3 Å². The lowest BCUT2D eigenvalue weighted by Crippen LogP contribution is -2.04. The Morgan fingerprint density at radius 2 is 2.12 bits per heavy atom. The highest BCUT2D eigenvalue weighted by Gasteiger charge is 2.12. The first-order chi connectivity index (χ1) is 11.7. The van der Waals surface area contributed by atoms with Crippen molar-refractivity contribution >= 4 is 16.5 Å². The molecule has 0 aliphatic carbocycles. The third-order valence-electron chi connectivity index (χ3n) is 3.58. The Balaban J connectivity index is 1.71. The number of benzene rings is 1. The van der Waals surface area contributed by atoms with Gasteiger partial charge in [0, 0.05) is 25.4 Å². The van der Waals surface area contributed by atoms with Gasteiger partial charge < -0.3 is 10.1 Å². The smallest absolute Gasteiger partial charge is 0.183 e. The highest BCUT2D eigenvalue weighted by molar-refractivity contribution is 7.19. The second-order valence-electron chi connectivity index (χ2n) is 5.34. The summed E-state index contributed by atoms with van der Waals surface area (Å²) in [5.74, 6) is -0.213. The molecule has 7 heteroatoms. The van der Waals surface area contributed by atoms with Crippen molar-refractivity contribution in [1.82, 2.24) is 14.8 Å². The third-order valence-corrected chi connectivity index (χ3v) is 4.72. The number of hydrogen-bond acceptors (Lipinski definition) is 5. The fourth-order valence-electron chi connectivity index (χ4n) is 2.31. The Hall–Kier alpha value is -2.25. The molecule has 2 aromatic heterocycles. The number of thiazole rings is 1. The van der Waals surface area contributed by atoms with Gasteiger partial charge in [-0.1, -0.05) is 29.5 Å². The molecule has 126 valence electrons. The van der Waals surface area contributed by atoms with Crippen molar-refractivity contribution < 1.29 is 9.13 Å². The first kappa shape index (κ1) is 16.6. The zero-order chi connectivity index (χ0) is 16.9. The second-order valence-corrected chi connectivity index (χ2v) is 6.33. The number of aromatic nitrogens is 3. The van der Waals surface area contributed by atoms with Crippen molar-refractivity contribution in [3.05, 3.63) is 53.6 Å². The number of anilines is 1. The summed E-state index contributed by atoms with van der Waals surface area (Å²) in [5.41, 5.74) is 2.42. The van der Waals surface area contributed by atoms with Crippen LogP contribution in [-0.4, -0.2) is 28.5 Å². The number of rotatable bonds is 7. The molecule has 0 unspecified atom stereocenters. The topological polar surface area (TPSA) is 52.0 Å². The van der Waals surface area contributed by atoms with E-state index in [0.29, 0.717) is 25.3 Å². The molecule has 0 saturated heterocycles. The number of nitrogens with one attached hydrogen (secondary N) is 1. The molecular formula is C17H19FN4OS. The molecule has 0 atom stereocenters. The monoisotopic (exact) mass is 346 g/mol. The first-order valence-corrected chi connectivity index (χ1v) is 8.46. The minimum Gasteiger partial charge on any atom is -0.383 e. The third kappa shape index (κ3) is 3.80. The highest BCUT2D eigenvalue weighted by Crippen LogP contribution is 2.31. The fraction of sp³-hybridized carbons (Fsp3) is 0.294. The zero-order valence-corrected chi connectivity index (χ0v) is 14.4. The molecule has 24 heavy (non-hydrogen) atoms. The summed E-state index contributed by atoms with van der Waals surface area (Å²) in [6, 6.07) is 8.70. The molecule has 0 aliphatic heterocycles. The summed E-state index contributed by atoms with van der Waals surface area (Å²) in [4.78, 5) is 5.53. The SMILES string of the molecule is COCCn1ccc(-c2sc(NCc3ccccc3F)nc2C)n1. The van der Waals surface area contributed by atoms with Crippen LogP contribution in [0.4, 0.5) is 9.52 Å². The number of hydrogen-bond donors (Lipinski definition) is 1. The molecule has 0 saturated carbocycles. The van der Waals surface area contributed by atoms with E-state index in [-0.39, 0.29) is 5.82 Å². The Kier molecular flexibility index (Phi) is 5.22. The normalized spacial score (nSPS) is 11.0. The number of methoxy groups -OCH3 is 1. The average Bonchev–Trinajstić information content (AvgIpc) is 3.18. The molecule has 0 radical (unpaired) electrons. The van der Waals surface area contributed by atoms with E-state index in [0.717, 1.165) is 21.4 Å². The summed E-state index contributed by atoms with van der Waals surface area (Å²) >= 11 is 1.52. The van der Waals surface area contributed by atoms with E-state index in [1.807, 2.05) is 29.9 Å². The van der Waals surface area contributed by atoms with Crippen molar-refractivity contribution in [2.75, 3.05) is 19.0 Å². The maximum absolute atomic E-state index is 13.7. The van der Waals surface area contributed by atoms with Gasteiger partial charge in [0.2, 0.25) is 0 Å². The fourth-order valence-corrected chi connectivity index (χ4v) is 3.24. The predicted molar refractivity (Wildman–Crippen MR) is 93.7 cm³/mol. The van der Waals surface area contributed by atoms with Crippen molar-refractivity contribution in [3.63, 3.8) is 0 Å². The highest BCUT2D eigenvalue weighted by atomic mass is 32.1. The molecule has 0 spiro atoms. The molecular weight excluding hydrogens is 327 g/mol. The first-order valence-electron chi connectivity index (χ1n) is 7.65. The second kappa shape index (κ2) is 7.55. The summed E-state index contributed by atoms with van der Waals surface area (Å²) in [6.45, 7) is 3.70. The van der Waals surface area contributed by atoms with Crippen LogP contribution in [0.5, 0.6) is 0 Å². The molecule has 0 amide bonds. The average molecular weight is 346 g/mol. The molecule has 2 heterocycles. The lowest BCUT2D eigenvalue weighted by atomic mass is 10.2. The van der Waals surface area contributed by atoms with Crippen LogP contribution in [0.1, 0.15) is 11.3 Å². The van der Waals surface area contributed by atoms with E-state index in [1.54, 1.807) is 19.2 Å². The van der Waals surface area contributed by atoms with Crippen molar-refractivity contribution in [2.24, 2.45) is 0 Å². The summed E-state index contributed by atoms with van der Waals surface area (Å²) in [6.07, 6.45) is 1.93. The standard InChI is InChI=1S/C17H19FN4OS/c1-12-16(15-7-8-22(21-15)9-10-23-2)24-17(20-12)19-11-13-5-3-4-6-14(13)18/h3-8H,9-11H2,1-2H3,(H,19,20). The van der Waals surface area contributed by atoms with Gasteiger partial charge in [-0.2, -0.15) is 5.10 Å². The molecule has 5 nitrogen and oxygen atoms in total. The quantitative estimate of drug-likeness (QED) is 0.708. The van der Waals surface area contributed by atoms with Crippen LogP contribution in [0.3, 0.4) is 0 Å². The number of aryl methyl sites for hydroxylation is 1. The lowest BCUT2D eigenvalue weighted by molar-refractivity contribution is 0.183. The largest absolute Gasteiger partial charge is 0.383 e. The van der Waals surface area contributed by atoms with Gasteiger partial charge >= 0.3 is 0 Å². The van der Waals surface area contributed by atoms with Gasteiger partial charge in [0.1, 0.15) is 11.5 Å². The Bertz CT molecular complexity index is 815. The molecule has 1 aromatic carbocycles. The Labute approximate surface area is 144 Å². The van der Waals surface area contributed by atoms with Crippen molar-refractivity contribution in [1.29, 1.82) is 0 Å². The van der Waals surface area contributed by atoms with Gasteiger partial charge in [0.05, 0.1) is 23.7 Å². The van der Waals surface area contributed by atoms with E-state index >= 15 is 0 Å². The van der Waals surface area contributed by atoms with E-state index in [2.05, 4.69) is 15.4 Å². The molecule has 0 aliphatic rings. The van der Waals surface area contributed by atoms with Crippen LogP contribution in [0, 0.1) is 12.7 Å². The van der Waals surface area contributed by atoms with Crippen LogP contribution in [0.15, 0.2) is 36.5 Å². The zero-order valence-electron chi connectivity index (χ0n) is 13.6. The van der Waals surface area contributed by atoms with Gasteiger partial charge in [-0.15, -0.1) is 0 Å². The number of nitrogens with zero attached hydrogens (tertiary/aromatic N) is 3. The van der Waals surface area contributed by atoms with Crippen LogP contribution in [0.2, 0.25) is 0 Å². The van der Waals surface area contributed by atoms with Crippen LogP contribution in [-0.2, 0) is 17.8 Å². The van der Waals surface area contributed by atoms with Crippen molar-refractivity contribution in [2.45, 2.75) is 20.0 Å². The summed E-state index contributed by atoms with van der Waals surface area (Å²) in [5, 5.41) is 8.49. The summed E-state index contributed by atoms with van der Waals surface area (Å²) < 4.78 is 20.6. The Morgan fingerprint density at radius 3 is 2.92 bits per heavy atom. The van der Waals surface area contributed by atoms with Gasteiger partial charge in [-0.3, -0.25) is 4.68 Å². The van der Waals surface area contributed by atoms with E-state index in [9.17, 15) is 4.39 Å². The lowest BCUT2D eigenvalue weighted by Gasteiger charge is -2.03. The molecule has 3 aromatic rings. The van der Waals surface area contributed by atoms with Crippen LogP contribution < -0.4 is 5.32 Å². The minimum absolute atomic E-state index is 0.213. The summed E-state index contributed by atoms with van der Waals surface area (Å²) in [7, 11) is 1.67. The maximum atomic E-state index is 13.7. The molecule has 0 bridgehead atoms. The van der Waals surface area contributed by atoms with E-state index in [1.165, 1.54) is 17.4 Å². The number of halogens is 1. The predicted octanol–water partition coefficient (Wildman–Crippen LogP) is 3.71. The van der Waals surface area contributed by atoms with Crippen LogP contribution in [0.25, 0.3) is 10.6 Å². The van der Waals surface area contributed by atoms with Gasteiger partial charge in [-0.05, 0) is 19.1 Å². The van der Waals surface area contributed by atoms with Gasteiger partial charge in [0.25, 0.3) is 0 Å². The molecule has 1 N–H and O–H groups in total. The van der Waals surface area contributed by atoms with E-state index < -0.39 is 0 Å². The molecule has 0 fully saturated rings. The van der Waals surface area contributed by atoms with Crippen molar-refractivity contribution in [3.8, 4) is 10.6 Å². The number of ether oxygens (including phenoxy) is 1. The maximum Gasteiger partial charge on any atom is 0.183 e. The van der Waals surface area contributed by atoms with E-state index in [4.69, 9.17) is 4.74 Å².